The van der Waals surface area contributed by atoms with Crippen LogP contribution in [0.5, 0.6) is 0 Å². The minimum Gasteiger partial charge on any atom is -0.356 e. The standard InChI is InChI=1S/C13H22N2O/c1-3-5-6-7-9-15-12(16)13(4-2)8-10-14-11-13/h1,14H,4-11H2,2H3,(H,15,16). The summed E-state index contributed by atoms with van der Waals surface area (Å²) in [7, 11) is 0. The van der Waals surface area contributed by atoms with E-state index >= 15 is 0 Å². The molecular formula is C13H22N2O. The third-order valence-electron chi connectivity index (χ3n) is 3.44. The van der Waals surface area contributed by atoms with Gasteiger partial charge < -0.3 is 10.6 Å². The zero-order valence-electron chi connectivity index (χ0n) is 10.1. The van der Waals surface area contributed by atoms with Crippen LogP contribution in [0, 0.1) is 17.8 Å². The van der Waals surface area contributed by atoms with Crippen molar-refractivity contribution in [1.82, 2.24) is 10.6 Å². The van der Waals surface area contributed by atoms with Crippen molar-refractivity contribution in [1.29, 1.82) is 0 Å². The lowest BCUT2D eigenvalue weighted by Gasteiger charge is -2.25. The van der Waals surface area contributed by atoms with Gasteiger partial charge in [-0.2, -0.15) is 0 Å². The number of carbonyl (C=O) groups is 1. The van der Waals surface area contributed by atoms with Crippen LogP contribution >= 0.6 is 0 Å². The minimum absolute atomic E-state index is 0.161. The van der Waals surface area contributed by atoms with Crippen LogP contribution in [0.1, 0.15) is 39.0 Å². The number of hydrogen-bond acceptors (Lipinski definition) is 2. The van der Waals surface area contributed by atoms with Gasteiger partial charge >= 0.3 is 0 Å². The zero-order chi connectivity index (χ0) is 11.9. The summed E-state index contributed by atoms with van der Waals surface area (Å²) in [6, 6.07) is 0. The molecule has 1 fully saturated rings. The van der Waals surface area contributed by atoms with E-state index < -0.39 is 0 Å². The van der Waals surface area contributed by atoms with Gasteiger partial charge in [-0.15, -0.1) is 12.3 Å². The van der Waals surface area contributed by atoms with Gasteiger partial charge in [0.1, 0.15) is 0 Å². The van der Waals surface area contributed by atoms with Gasteiger partial charge in [0.2, 0.25) is 5.91 Å². The van der Waals surface area contributed by atoms with E-state index in [2.05, 4.69) is 23.5 Å². The highest BCUT2D eigenvalue weighted by atomic mass is 16.2. The fourth-order valence-electron chi connectivity index (χ4n) is 2.14. The highest BCUT2D eigenvalue weighted by molar-refractivity contribution is 5.83. The average molecular weight is 222 g/mol. The molecule has 3 heteroatoms. The van der Waals surface area contributed by atoms with Gasteiger partial charge in [-0.3, -0.25) is 4.79 Å². The molecule has 1 aliphatic heterocycles. The minimum atomic E-state index is -0.161. The zero-order valence-corrected chi connectivity index (χ0v) is 10.1. The number of rotatable bonds is 6. The molecule has 0 aromatic heterocycles. The maximum absolute atomic E-state index is 12.0. The summed E-state index contributed by atoms with van der Waals surface area (Å²) >= 11 is 0. The van der Waals surface area contributed by atoms with Crippen molar-refractivity contribution in [3.63, 3.8) is 0 Å². The van der Waals surface area contributed by atoms with Gasteiger partial charge in [0, 0.05) is 19.5 Å². The first-order valence-corrected chi connectivity index (χ1v) is 6.17. The second-order valence-corrected chi connectivity index (χ2v) is 4.48. The summed E-state index contributed by atoms with van der Waals surface area (Å²) in [5.74, 6) is 2.82. The van der Waals surface area contributed by atoms with Gasteiger partial charge in [0.25, 0.3) is 0 Å². The molecule has 0 aromatic carbocycles. The number of carbonyl (C=O) groups excluding carboxylic acids is 1. The first-order chi connectivity index (χ1) is 7.75. The highest BCUT2D eigenvalue weighted by Crippen LogP contribution is 2.29. The molecule has 1 aliphatic rings. The molecule has 16 heavy (non-hydrogen) atoms. The molecule has 0 bridgehead atoms. The Hall–Kier alpha value is -1.01. The topological polar surface area (TPSA) is 41.1 Å². The lowest BCUT2D eigenvalue weighted by atomic mass is 9.83. The summed E-state index contributed by atoms with van der Waals surface area (Å²) < 4.78 is 0. The molecule has 0 aliphatic carbocycles. The van der Waals surface area contributed by atoms with Crippen molar-refractivity contribution in [3.05, 3.63) is 0 Å². The predicted molar refractivity (Wildman–Crippen MR) is 65.9 cm³/mol. The van der Waals surface area contributed by atoms with Gasteiger partial charge in [-0.1, -0.05) is 6.92 Å². The van der Waals surface area contributed by atoms with Crippen LogP contribution in [-0.2, 0) is 4.79 Å². The Morgan fingerprint density at radius 2 is 2.38 bits per heavy atom. The van der Waals surface area contributed by atoms with Crippen LogP contribution in [0.15, 0.2) is 0 Å². The SMILES string of the molecule is C#CCCCCNC(=O)C1(CC)CCNC1. The monoisotopic (exact) mass is 222 g/mol. The van der Waals surface area contributed by atoms with E-state index in [4.69, 9.17) is 6.42 Å². The molecule has 1 amide bonds. The summed E-state index contributed by atoms with van der Waals surface area (Å²) in [5, 5.41) is 6.30. The lowest BCUT2D eigenvalue weighted by Crippen LogP contribution is -2.42. The summed E-state index contributed by atoms with van der Waals surface area (Å²) in [4.78, 5) is 12.0. The van der Waals surface area contributed by atoms with E-state index in [-0.39, 0.29) is 11.3 Å². The third-order valence-corrected chi connectivity index (χ3v) is 3.44. The Kier molecular flexibility index (Phi) is 5.34. The quantitative estimate of drug-likeness (QED) is 0.525. The van der Waals surface area contributed by atoms with Gasteiger partial charge in [0.05, 0.1) is 5.41 Å². The highest BCUT2D eigenvalue weighted by Gasteiger charge is 2.38. The number of amides is 1. The molecule has 0 spiro atoms. The molecule has 0 aromatic rings. The summed E-state index contributed by atoms with van der Waals surface area (Å²) in [5.41, 5.74) is -0.161. The van der Waals surface area contributed by atoms with E-state index in [0.29, 0.717) is 0 Å². The summed E-state index contributed by atoms with van der Waals surface area (Å²) in [6.45, 7) is 4.62. The van der Waals surface area contributed by atoms with Crippen molar-refractivity contribution >= 4 is 5.91 Å². The molecular weight excluding hydrogens is 200 g/mol. The molecule has 1 heterocycles. The maximum Gasteiger partial charge on any atom is 0.227 e. The van der Waals surface area contributed by atoms with Crippen LogP contribution in [-0.4, -0.2) is 25.5 Å². The second kappa shape index (κ2) is 6.55. The smallest absolute Gasteiger partial charge is 0.227 e. The van der Waals surface area contributed by atoms with Crippen LogP contribution in [0.25, 0.3) is 0 Å². The van der Waals surface area contributed by atoms with E-state index in [0.717, 1.165) is 51.7 Å². The van der Waals surface area contributed by atoms with E-state index in [1.807, 2.05) is 0 Å². The van der Waals surface area contributed by atoms with Crippen molar-refractivity contribution in [2.75, 3.05) is 19.6 Å². The molecule has 1 rings (SSSR count). The Morgan fingerprint density at radius 3 is 2.94 bits per heavy atom. The molecule has 0 saturated carbocycles. The van der Waals surface area contributed by atoms with E-state index in [1.165, 1.54) is 0 Å². The van der Waals surface area contributed by atoms with Crippen LogP contribution in [0.4, 0.5) is 0 Å². The normalized spacial score (nSPS) is 24.0. The number of nitrogens with one attached hydrogen (secondary N) is 2. The third kappa shape index (κ3) is 3.24. The molecule has 1 unspecified atom stereocenters. The van der Waals surface area contributed by atoms with Crippen molar-refractivity contribution in [2.24, 2.45) is 5.41 Å². The van der Waals surface area contributed by atoms with Gasteiger partial charge in [-0.05, 0) is 32.2 Å². The van der Waals surface area contributed by atoms with Gasteiger partial charge in [-0.25, -0.2) is 0 Å². The number of hydrogen-bond donors (Lipinski definition) is 2. The molecule has 0 radical (unpaired) electrons. The van der Waals surface area contributed by atoms with Crippen molar-refractivity contribution in [2.45, 2.75) is 39.0 Å². The predicted octanol–water partition coefficient (Wildman–Crippen LogP) is 1.30. The lowest BCUT2D eigenvalue weighted by molar-refractivity contribution is -0.130. The van der Waals surface area contributed by atoms with Crippen molar-refractivity contribution in [3.8, 4) is 12.3 Å². The second-order valence-electron chi connectivity index (χ2n) is 4.48. The fourth-order valence-corrected chi connectivity index (χ4v) is 2.14. The number of terminal acetylenes is 1. The van der Waals surface area contributed by atoms with Crippen LogP contribution in [0.2, 0.25) is 0 Å². The molecule has 3 nitrogen and oxygen atoms in total. The Morgan fingerprint density at radius 1 is 1.56 bits per heavy atom. The Labute approximate surface area is 98.4 Å². The molecule has 2 N–H and O–H groups in total. The van der Waals surface area contributed by atoms with Crippen LogP contribution in [0.3, 0.4) is 0 Å². The first-order valence-electron chi connectivity index (χ1n) is 6.17. The molecule has 1 saturated heterocycles. The first kappa shape index (κ1) is 13.1. The van der Waals surface area contributed by atoms with E-state index in [9.17, 15) is 4.79 Å². The largest absolute Gasteiger partial charge is 0.356 e. The fraction of sp³-hybridized carbons (Fsp3) is 0.769. The Balaban J connectivity index is 2.26. The van der Waals surface area contributed by atoms with Crippen LogP contribution < -0.4 is 10.6 Å². The molecule has 1 atom stereocenters. The average Bonchev–Trinajstić information content (AvgIpc) is 2.78. The van der Waals surface area contributed by atoms with Gasteiger partial charge in [0.15, 0.2) is 0 Å². The summed E-state index contributed by atoms with van der Waals surface area (Å²) in [6.07, 6.45) is 9.81. The molecule has 90 valence electrons. The van der Waals surface area contributed by atoms with Crippen molar-refractivity contribution < 1.29 is 4.79 Å². The maximum atomic E-state index is 12.0. The van der Waals surface area contributed by atoms with E-state index in [1.54, 1.807) is 0 Å². The Bertz CT molecular complexity index is 262. The number of unbranched alkanes of at least 4 members (excludes halogenated alkanes) is 2.